The summed E-state index contributed by atoms with van der Waals surface area (Å²) in [5.41, 5.74) is 1.11. The number of rotatable bonds is 2. The lowest BCUT2D eigenvalue weighted by Gasteiger charge is -2.19. The first-order chi connectivity index (χ1) is 5.43. The molecule has 0 aliphatic carbocycles. The summed E-state index contributed by atoms with van der Waals surface area (Å²) in [6, 6.07) is 4.31. The van der Waals surface area contributed by atoms with Crippen molar-refractivity contribution < 1.29 is 0 Å². The fourth-order valence-corrected chi connectivity index (χ4v) is 2.91. The largest absolute Gasteiger partial charge is 0.330 e. The molecule has 0 aromatic carbocycles. The number of hydrogen-bond donors (Lipinski definition) is 0. The molecule has 0 fully saturated rings. The molecule has 0 spiro atoms. The summed E-state index contributed by atoms with van der Waals surface area (Å²) in [6.07, 6.45) is 2.09. The van der Waals surface area contributed by atoms with Gasteiger partial charge in [0.15, 0.2) is 0 Å². The molecule has 0 saturated carbocycles. The molecule has 0 aliphatic heterocycles. The molecule has 0 bridgehead atoms. The van der Waals surface area contributed by atoms with E-state index in [2.05, 4.69) is 49.1 Å². The third-order valence-electron chi connectivity index (χ3n) is 1.93. The molecular weight excluding hydrogens is 162 g/mol. The summed E-state index contributed by atoms with van der Waals surface area (Å²) >= 11 is 0. The highest BCUT2D eigenvalue weighted by Gasteiger charge is 2.19. The van der Waals surface area contributed by atoms with E-state index >= 15 is 0 Å². The van der Waals surface area contributed by atoms with Gasteiger partial charge in [-0.2, -0.15) is 0 Å². The van der Waals surface area contributed by atoms with Gasteiger partial charge in [0.25, 0.3) is 0 Å². The first-order valence-electron chi connectivity index (χ1n) is 4.26. The van der Waals surface area contributed by atoms with Crippen LogP contribution in [0.1, 0.15) is 6.92 Å². The molecule has 1 rings (SSSR count). The Morgan fingerprint density at radius 3 is 2.33 bits per heavy atom. The van der Waals surface area contributed by atoms with Crippen LogP contribution in [0.5, 0.6) is 0 Å². The van der Waals surface area contributed by atoms with Crippen LogP contribution in [0.4, 0.5) is 0 Å². The van der Waals surface area contributed by atoms with Crippen LogP contribution in [-0.4, -0.2) is 12.6 Å². The molecule has 1 nitrogen and oxygen atoms in total. The summed E-state index contributed by atoms with van der Waals surface area (Å²) in [7, 11) is -1.19. The van der Waals surface area contributed by atoms with Crippen molar-refractivity contribution in [2.75, 3.05) is 0 Å². The zero-order valence-electron chi connectivity index (χ0n) is 8.39. The van der Waals surface area contributed by atoms with E-state index in [4.69, 9.17) is 0 Å². The molecular formula is C10H17NSi. The van der Waals surface area contributed by atoms with E-state index in [0.29, 0.717) is 0 Å². The van der Waals surface area contributed by atoms with Crippen LogP contribution in [0.15, 0.2) is 24.9 Å². The third-order valence-corrected chi connectivity index (χ3v) is 3.87. The SMILES string of the molecule is C=C(C)n1cccc1[Si](C)(C)C. The highest BCUT2D eigenvalue weighted by atomic mass is 28.3. The van der Waals surface area contributed by atoms with E-state index in [-0.39, 0.29) is 0 Å². The Labute approximate surface area is 75.7 Å². The topological polar surface area (TPSA) is 4.93 Å². The zero-order chi connectivity index (χ0) is 9.35. The summed E-state index contributed by atoms with van der Waals surface area (Å²) in [5, 5.41) is 1.45. The molecule has 0 saturated heterocycles. The number of allylic oxidation sites excluding steroid dienone is 1. The second kappa shape index (κ2) is 2.94. The lowest BCUT2D eigenvalue weighted by atomic mass is 10.5. The van der Waals surface area contributed by atoms with Crippen molar-refractivity contribution in [1.82, 2.24) is 4.57 Å². The molecule has 0 N–H and O–H groups in total. The van der Waals surface area contributed by atoms with E-state index in [1.165, 1.54) is 5.32 Å². The Hall–Kier alpha value is -0.763. The molecule has 0 atom stereocenters. The smallest absolute Gasteiger partial charge is 0.0989 e. The first-order valence-corrected chi connectivity index (χ1v) is 7.76. The monoisotopic (exact) mass is 179 g/mol. The Kier molecular flexibility index (Phi) is 2.28. The van der Waals surface area contributed by atoms with Crippen LogP contribution < -0.4 is 5.32 Å². The van der Waals surface area contributed by atoms with Crippen molar-refractivity contribution in [2.24, 2.45) is 0 Å². The van der Waals surface area contributed by atoms with Crippen LogP contribution in [-0.2, 0) is 0 Å². The lowest BCUT2D eigenvalue weighted by Crippen LogP contribution is -2.42. The van der Waals surface area contributed by atoms with Gasteiger partial charge in [-0.25, -0.2) is 0 Å². The van der Waals surface area contributed by atoms with E-state index in [1.54, 1.807) is 0 Å². The van der Waals surface area contributed by atoms with Gasteiger partial charge in [-0.3, -0.25) is 0 Å². The number of aromatic nitrogens is 1. The summed E-state index contributed by atoms with van der Waals surface area (Å²) in [4.78, 5) is 0. The maximum Gasteiger partial charge on any atom is 0.0989 e. The van der Waals surface area contributed by atoms with E-state index < -0.39 is 8.07 Å². The summed E-state index contributed by atoms with van der Waals surface area (Å²) in [6.45, 7) is 13.0. The maximum absolute atomic E-state index is 3.96. The molecule has 0 amide bonds. The van der Waals surface area contributed by atoms with Gasteiger partial charge in [-0.05, 0) is 19.1 Å². The molecule has 0 aliphatic rings. The normalized spacial score (nSPS) is 11.7. The standard InChI is InChI=1S/C10H17NSi/c1-9(2)11-8-6-7-10(11)12(3,4)5/h6-8H,1H2,2-5H3. The predicted octanol–water partition coefficient (Wildman–Crippen LogP) is 2.52. The number of nitrogens with zero attached hydrogens (tertiary/aromatic N) is 1. The number of hydrogen-bond acceptors (Lipinski definition) is 0. The van der Waals surface area contributed by atoms with Gasteiger partial charge < -0.3 is 4.57 Å². The lowest BCUT2D eigenvalue weighted by molar-refractivity contribution is 1.13. The first kappa shape index (κ1) is 9.33. The Morgan fingerprint density at radius 2 is 2.00 bits per heavy atom. The minimum atomic E-state index is -1.19. The van der Waals surface area contributed by atoms with E-state index in [0.717, 1.165) is 5.70 Å². The predicted molar refractivity (Wildman–Crippen MR) is 58.4 cm³/mol. The Morgan fingerprint density at radius 1 is 1.42 bits per heavy atom. The minimum absolute atomic E-state index is 1.11. The van der Waals surface area contributed by atoms with Crippen LogP contribution in [0.2, 0.25) is 19.6 Å². The van der Waals surface area contributed by atoms with Crippen molar-refractivity contribution in [3.05, 3.63) is 24.9 Å². The van der Waals surface area contributed by atoms with Gasteiger partial charge in [-0.15, -0.1) is 0 Å². The third kappa shape index (κ3) is 1.69. The van der Waals surface area contributed by atoms with Crippen LogP contribution in [0, 0.1) is 0 Å². The second-order valence-electron chi connectivity index (χ2n) is 4.25. The van der Waals surface area contributed by atoms with Gasteiger partial charge in [0, 0.05) is 17.2 Å². The molecule has 12 heavy (non-hydrogen) atoms. The molecule has 0 unspecified atom stereocenters. The second-order valence-corrected chi connectivity index (χ2v) is 9.26. The Bertz CT molecular complexity index is 291. The average molecular weight is 179 g/mol. The fourth-order valence-electron chi connectivity index (χ4n) is 1.33. The van der Waals surface area contributed by atoms with Gasteiger partial charge in [0.2, 0.25) is 0 Å². The molecule has 1 heterocycles. The fraction of sp³-hybridized carbons (Fsp3) is 0.400. The quantitative estimate of drug-likeness (QED) is 0.615. The highest BCUT2D eigenvalue weighted by Crippen LogP contribution is 2.06. The molecule has 1 aromatic rings. The van der Waals surface area contributed by atoms with E-state index in [1.807, 2.05) is 6.92 Å². The van der Waals surface area contributed by atoms with Gasteiger partial charge in [0.1, 0.15) is 0 Å². The summed E-state index contributed by atoms with van der Waals surface area (Å²) < 4.78 is 2.20. The van der Waals surface area contributed by atoms with Gasteiger partial charge >= 0.3 is 0 Å². The highest BCUT2D eigenvalue weighted by molar-refractivity contribution is 6.88. The molecule has 0 radical (unpaired) electrons. The summed E-state index contributed by atoms with van der Waals surface area (Å²) in [5.74, 6) is 0. The Balaban J connectivity index is 3.17. The average Bonchev–Trinajstić information content (AvgIpc) is 2.30. The van der Waals surface area contributed by atoms with Crippen molar-refractivity contribution in [3.63, 3.8) is 0 Å². The van der Waals surface area contributed by atoms with Crippen molar-refractivity contribution in [1.29, 1.82) is 0 Å². The van der Waals surface area contributed by atoms with Crippen molar-refractivity contribution in [3.8, 4) is 0 Å². The van der Waals surface area contributed by atoms with Crippen molar-refractivity contribution in [2.45, 2.75) is 26.6 Å². The zero-order valence-corrected chi connectivity index (χ0v) is 9.39. The van der Waals surface area contributed by atoms with E-state index in [9.17, 15) is 0 Å². The minimum Gasteiger partial charge on any atom is -0.330 e. The van der Waals surface area contributed by atoms with Gasteiger partial charge in [-0.1, -0.05) is 26.2 Å². The van der Waals surface area contributed by atoms with Crippen molar-refractivity contribution >= 4 is 19.1 Å². The van der Waals surface area contributed by atoms with Crippen LogP contribution >= 0.6 is 0 Å². The molecule has 2 heteroatoms. The molecule has 1 aromatic heterocycles. The van der Waals surface area contributed by atoms with Gasteiger partial charge in [0.05, 0.1) is 8.07 Å². The van der Waals surface area contributed by atoms with Crippen LogP contribution in [0.25, 0.3) is 5.70 Å². The van der Waals surface area contributed by atoms with Crippen LogP contribution in [0.3, 0.4) is 0 Å². The molecule has 66 valence electrons. The maximum atomic E-state index is 3.96.